The maximum atomic E-state index is 11.8. The highest BCUT2D eigenvalue weighted by molar-refractivity contribution is 7.80. The Hall–Kier alpha value is -2.15. The summed E-state index contributed by atoms with van der Waals surface area (Å²) in [5.41, 5.74) is 2.00. The first-order chi connectivity index (χ1) is 10.5. The lowest BCUT2D eigenvalue weighted by Crippen LogP contribution is -2.44. The molecule has 6 nitrogen and oxygen atoms in total. The van der Waals surface area contributed by atoms with Gasteiger partial charge in [-0.05, 0) is 45.1 Å². The van der Waals surface area contributed by atoms with E-state index in [-0.39, 0.29) is 13.2 Å². The number of aryl methyl sites for hydroxylation is 1. The lowest BCUT2D eigenvalue weighted by atomic mass is 10.2. The van der Waals surface area contributed by atoms with Crippen LogP contribution in [-0.2, 0) is 9.53 Å². The van der Waals surface area contributed by atoms with Crippen molar-refractivity contribution >= 4 is 35.0 Å². The predicted octanol–water partition coefficient (Wildman–Crippen LogP) is 2.29. The molecule has 0 aliphatic carbocycles. The molecule has 0 bridgehead atoms. The van der Waals surface area contributed by atoms with Crippen molar-refractivity contribution < 1.29 is 14.3 Å². The molecule has 0 aliphatic heterocycles. The normalized spacial score (nSPS) is 9.77. The first kappa shape index (κ1) is 17.9. The summed E-state index contributed by atoms with van der Waals surface area (Å²) in [6, 6.07) is 7.76. The first-order valence-electron chi connectivity index (χ1n) is 7.05. The van der Waals surface area contributed by atoms with Gasteiger partial charge in [0, 0.05) is 12.2 Å². The van der Waals surface area contributed by atoms with Crippen LogP contribution >= 0.6 is 12.2 Å². The van der Waals surface area contributed by atoms with Crippen LogP contribution in [0.4, 0.5) is 10.5 Å². The van der Waals surface area contributed by atoms with Gasteiger partial charge in [0.2, 0.25) is 5.91 Å². The fourth-order valence-electron chi connectivity index (χ4n) is 1.66. The van der Waals surface area contributed by atoms with Crippen LogP contribution in [0.25, 0.3) is 0 Å². The van der Waals surface area contributed by atoms with Crippen LogP contribution in [-0.4, -0.2) is 41.7 Å². The summed E-state index contributed by atoms with van der Waals surface area (Å²) in [6.45, 7) is 6.27. The molecule has 22 heavy (non-hydrogen) atoms. The second kappa shape index (κ2) is 8.99. The SMILES string of the molecule is CCOC(=O)NC(=O)CN(CC)C(=S)Nc1ccc(C)cc1. The van der Waals surface area contributed by atoms with E-state index in [0.29, 0.717) is 11.7 Å². The number of benzene rings is 1. The molecule has 0 radical (unpaired) electrons. The van der Waals surface area contributed by atoms with Gasteiger partial charge in [0.05, 0.1) is 13.2 Å². The molecule has 1 rings (SSSR count). The number of thiocarbonyl (C=S) groups is 1. The van der Waals surface area contributed by atoms with E-state index in [2.05, 4.69) is 15.4 Å². The van der Waals surface area contributed by atoms with Crippen LogP contribution in [0.1, 0.15) is 19.4 Å². The van der Waals surface area contributed by atoms with Crippen molar-refractivity contribution in [2.45, 2.75) is 20.8 Å². The Bertz CT molecular complexity index is 531. The zero-order chi connectivity index (χ0) is 16.5. The Labute approximate surface area is 135 Å². The average molecular weight is 323 g/mol. The third-order valence-corrected chi connectivity index (χ3v) is 3.18. The van der Waals surface area contributed by atoms with Gasteiger partial charge in [0.1, 0.15) is 0 Å². The summed E-state index contributed by atoms with van der Waals surface area (Å²) in [5, 5.41) is 5.63. The zero-order valence-corrected chi connectivity index (χ0v) is 13.8. The van der Waals surface area contributed by atoms with Crippen molar-refractivity contribution in [1.29, 1.82) is 0 Å². The molecule has 0 unspecified atom stereocenters. The highest BCUT2D eigenvalue weighted by Crippen LogP contribution is 2.09. The van der Waals surface area contributed by atoms with Gasteiger partial charge in [0.25, 0.3) is 0 Å². The number of imide groups is 1. The Morgan fingerprint density at radius 1 is 1.23 bits per heavy atom. The molecule has 0 aromatic heterocycles. The number of alkyl carbamates (subject to hydrolysis) is 1. The molecule has 7 heteroatoms. The van der Waals surface area contributed by atoms with E-state index in [0.717, 1.165) is 11.3 Å². The van der Waals surface area contributed by atoms with Gasteiger partial charge in [-0.1, -0.05) is 17.7 Å². The van der Waals surface area contributed by atoms with Crippen molar-refractivity contribution in [2.24, 2.45) is 0 Å². The second-order valence-electron chi connectivity index (χ2n) is 4.58. The number of likely N-dealkylation sites (N-methyl/N-ethyl adjacent to an activating group) is 1. The topological polar surface area (TPSA) is 70.7 Å². The van der Waals surface area contributed by atoms with Crippen molar-refractivity contribution in [3.05, 3.63) is 29.8 Å². The fourth-order valence-corrected chi connectivity index (χ4v) is 1.97. The molecule has 1 aromatic rings. The Balaban J connectivity index is 2.55. The van der Waals surface area contributed by atoms with Crippen molar-refractivity contribution in [3.63, 3.8) is 0 Å². The van der Waals surface area contributed by atoms with E-state index < -0.39 is 12.0 Å². The Morgan fingerprint density at radius 2 is 1.86 bits per heavy atom. The van der Waals surface area contributed by atoms with Gasteiger partial charge in [-0.2, -0.15) is 0 Å². The summed E-state index contributed by atoms with van der Waals surface area (Å²) in [7, 11) is 0. The van der Waals surface area contributed by atoms with Crippen molar-refractivity contribution in [3.8, 4) is 0 Å². The molecular formula is C15H21N3O3S. The highest BCUT2D eigenvalue weighted by Gasteiger charge is 2.15. The molecule has 1 aromatic carbocycles. The summed E-state index contributed by atoms with van der Waals surface area (Å²) in [6.07, 6.45) is -0.749. The van der Waals surface area contributed by atoms with Gasteiger partial charge in [0.15, 0.2) is 5.11 Å². The molecule has 0 saturated heterocycles. The number of ether oxygens (including phenoxy) is 1. The number of anilines is 1. The number of nitrogens with zero attached hydrogens (tertiary/aromatic N) is 1. The number of hydrogen-bond donors (Lipinski definition) is 2. The molecule has 2 N–H and O–H groups in total. The molecule has 0 saturated carbocycles. The van der Waals surface area contributed by atoms with Crippen LogP contribution in [0.3, 0.4) is 0 Å². The number of amides is 2. The van der Waals surface area contributed by atoms with E-state index in [1.165, 1.54) is 0 Å². The fraction of sp³-hybridized carbons (Fsp3) is 0.400. The first-order valence-corrected chi connectivity index (χ1v) is 7.46. The lowest BCUT2D eigenvalue weighted by molar-refractivity contribution is -0.120. The minimum atomic E-state index is -0.749. The van der Waals surface area contributed by atoms with Crippen LogP contribution in [0.2, 0.25) is 0 Å². The van der Waals surface area contributed by atoms with Gasteiger partial charge in [-0.3, -0.25) is 10.1 Å². The monoisotopic (exact) mass is 323 g/mol. The number of carbonyl (C=O) groups excluding carboxylic acids is 2. The average Bonchev–Trinajstić information content (AvgIpc) is 2.47. The number of rotatable bonds is 5. The minimum absolute atomic E-state index is 0.0208. The summed E-state index contributed by atoms with van der Waals surface area (Å²) < 4.78 is 4.66. The third kappa shape index (κ3) is 6.09. The molecule has 0 atom stereocenters. The molecule has 120 valence electrons. The summed E-state index contributed by atoms with van der Waals surface area (Å²) in [5.74, 6) is -0.464. The minimum Gasteiger partial charge on any atom is -0.450 e. The number of hydrogen-bond acceptors (Lipinski definition) is 4. The lowest BCUT2D eigenvalue weighted by Gasteiger charge is -2.23. The largest absolute Gasteiger partial charge is 0.450 e. The van der Waals surface area contributed by atoms with Gasteiger partial charge >= 0.3 is 6.09 Å². The van der Waals surface area contributed by atoms with Crippen LogP contribution < -0.4 is 10.6 Å². The van der Waals surface area contributed by atoms with E-state index in [9.17, 15) is 9.59 Å². The van der Waals surface area contributed by atoms with E-state index in [1.54, 1.807) is 11.8 Å². The highest BCUT2D eigenvalue weighted by atomic mass is 32.1. The standard InChI is InChI=1S/C15H21N3O3S/c1-4-18(10-13(19)17-15(20)21-5-2)14(22)16-12-8-6-11(3)7-9-12/h6-9H,4-5,10H2,1-3H3,(H,16,22)(H,17,19,20). The molecule has 2 amide bonds. The number of nitrogens with one attached hydrogen (secondary N) is 2. The zero-order valence-electron chi connectivity index (χ0n) is 13.0. The Morgan fingerprint density at radius 3 is 2.41 bits per heavy atom. The smallest absolute Gasteiger partial charge is 0.413 e. The van der Waals surface area contributed by atoms with Gasteiger partial charge in [-0.25, -0.2) is 4.79 Å². The van der Waals surface area contributed by atoms with E-state index >= 15 is 0 Å². The molecule has 0 aliphatic rings. The van der Waals surface area contributed by atoms with Gasteiger partial charge < -0.3 is 15.0 Å². The van der Waals surface area contributed by atoms with Crippen molar-refractivity contribution in [2.75, 3.05) is 25.0 Å². The quantitative estimate of drug-likeness (QED) is 0.810. The van der Waals surface area contributed by atoms with Crippen LogP contribution in [0.5, 0.6) is 0 Å². The van der Waals surface area contributed by atoms with Gasteiger partial charge in [-0.15, -0.1) is 0 Å². The van der Waals surface area contributed by atoms with Crippen LogP contribution in [0, 0.1) is 6.92 Å². The van der Waals surface area contributed by atoms with E-state index in [1.807, 2.05) is 38.1 Å². The third-order valence-electron chi connectivity index (χ3n) is 2.82. The molecule has 0 heterocycles. The summed E-state index contributed by atoms with van der Waals surface area (Å²) in [4.78, 5) is 24.6. The maximum Gasteiger partial charge on any atom is 0.413 e. The second-order valence-corrected chi connectivity index (χ2v) is 4.97. The van der Waals surface area contributed by atoms with Crippen LogP contribution in [0.15, 0.2) is 24.3 Å². The maximum absolute atomic E-state index is 11.8. The number of carbonyl (C=O) groups is 2. The Kier molecular flexibility index (Phi) is 7.31. The molecule has 0 spiro atoms. The van der Waals surface area contributed by atoms with Crippen molar-refractivity contribution in [1.82, 2.24) is 10.2 Å². The van der Waals surface area contributed by atoms with E-state index in [4.69, 9.17) is 12.2 Å². The predicted molar refractivity (Wildman–Crippen MR) is 89.8 cm³/mol. The molecule has 0 fully saturated rings. The summed E-state index contributed by atoms with van der Waals surface area (Å²) >= 11 is 5.29. The molecular weight excluding hydrogens is 302 g/mol.